The Balaban J connectivity index is 1.70. The normalized spacial score (nSPS) is 18.0. The molecule has 1 unspecified atom stereocenters. The van der Waals surface area contributed by atoms with E-state index >= 15 is 0 Å². The number of fused-ring (bicyclic) bond motifs is 1. The minimum atomic E-state index is 0.464. The van der Waals surface area contributed by atoms with Crippen molar-refractivity contribution in [3.63, 3.8) is 0 Å². The van der Waals surface area contributed by atoms with Crippen LogP contribution in [0.3, 0.4) is 0 Å². The number of benzene rings is 1. The van der Waals surface area contributed by atoms with Crippen molar-refractivity contribution in [1.29, 1.82) is 0 Å². The molecule has 3 rings (SSSR count). The first kappa shape index (κ1) is 11.8. The molecule has 0 saturated heterocycles. The molecule has 0 fully saturated rings. The third kappa shape index (κ3) is 2.18. The third-order valence-electron chi connectivity index (χ3n) is 3.35. The summed E-state index contributed by atoms with van der Waals surface area (Å²) in [5.74, 6) is 1.12. The van der Waals surface area contributed by atoms with Crippen molar-refractivity contribution in [3.05, 3.63) is 47.3 Å². The lowest BCUT2D eigenvalue weighted by atomic mass is 10.1. The van der Waals surface area contributed by atoms with Gasteiger partial charge in [0.05, 0.1) is 5.69 Å². The van der Waals surface area contributed by atoms with Crippen molar-refractivity contribution in [2.45, 2.75) is 24.4 Å². The van der Waals surface area contributed by atoms with Gasteiger partial charge in [0.2, 0.25) is 0 Å². The fourth-order valence-electron chi connectivity index (χ4n) is 2.39. The summed E-state index contributed by atoms with van der Waals surface area (Å²) in [5, 5.41) is 8.01. The van der Waals surface area contributed by atoms with Gasteiger partial charge in [0.1, 0.15) is 0 Å². The molecule has 1 aromatic carbocycles. The molecule has 1 aromatic heterocycles. The van der Waals surface area contributed by atoms with Gasteiger partial charge in [-0.25, -0.2) is 0 Å². The van der Waals surface area contributed by atoms with Crippen LogP contribution in [0.25, 0.3) is 0 Å². The van der Waals surface area contributed by atoms with Crippen LogP contribution in [0, 0.1) is 6.92 Å². The third-order valence-corrected chi connectivity index (χ3v) is 4.54. The molecule has 0 saturated carbocycles. The number of rotatable bonds is 3. The summed E-state index contributed by atoms with van der Waals surface area (Å²) in [6.45, 7) is 2.95. The van der Waals surface area contributed by atoms with Crippen molar-refractivity contribution in [2.75, 3.05) is 5.75 Å². The van der Waals surface area contributed by atoms with Crippen LogP contribution in [0.2, 0.25) is 0 Å². The van der Waals surface area contributed by atoms with Gasteiger partial charge in [0.15, 0.2) is 0 Å². The monoisotopic (exact) mass is 259 g/mol. The Bertz CT molecular complexity index is 562. The summed E-state index contributed by atoms with van der Waals surface area (Å²) in [6, 6.07) is 9.12. The van der Waals surface area contributed by atoms with E-state index in [-0.39, 0.29) is 0 Å². The molecule has 18 heavy (non-hydrogen) atoms. The fraction of sp³-hybridized carbons (Fsp3) is 0.357. The first-order chi connectivity index (χ1) is 8.74. The molecular weight excluding hydrogens is 242 g/mol. The van der Waals surface area contributed by atoms with E-state index in [2.05, 4.69) is 47.8 Å². The maximum Gasteiger partial charge on any atom is 0.0638 e. The van der Waals surface area contributed by atoms with Crippen molar-refractivity contribution >= 4 is 11.8 Å². The van der Waals surface area contributed by atoms with Crippen LogP contribution in [0.15, 0.2) is 35.4 Å². The first-order valence-corrected chi connectivity index (χ1v) is 7.17. The van der Waals surface area contributed by atoms with E-state index in [1.165, 1.54) is 16.0 Å². The van der Waals surface area contributed by atoms with Crippen molar-refractivity contribution < 1.29 is 0 Å². The van der Waals surface area contributed by atoms with Crippen LogP contribution in [-0.2, 0) is 13.6 Å². The molecule has 4 heteroatoms. The molecule has 0 bridgehead atoms. The number of hydrogen-bond acceptors (Lipinski definition) is 3. The van der Waals surface area contributed by atoms with Crippen LogP contribution < -0.4 is 5.32 Å². The highest BCUT2D eigenvalue weighted by molar-refractivity contribution is 7.99. The number of nitrogens with zero attached hydrogens (tertiary/aromatic N) is 2. The zero-order valence-electron chi connectivity index (χ0n) is 10.7. The number of thioether (sulfide) groups is 1. The van der Waals surface area contributed by atoms with E-state index < -0.39 is 0 Å². The molecule has 2 aromatic rings. The van der Waals surface area contributed by atoms with E-state index in [1.807, 2.05) is 23.5 Å². The van der Waals surface area contributed by atoms with Crippen LogP contribution in [0.1, 0.15) is 22.9 Å². The first-order valence-electron chi connectivity index (χ1n) is 6.18. The Morgan fingerprint density at radius 2 is 2.28 bits per heavy atom. The fourth-order valence-corrected chi connectivity index (χ4v) is 3.58. The summed E-state index contributed by atoms with van der Waals surface area (Å²) < 4.78 is 1.88. The van der Waals surface area contributed by atoms with Gasteiger partial charge in [-0.1, -0.05) is 18.2 Å². The Labute approximate surface area is 112 Å². The van der Waals surface area contributed by atoms with Gasteiger partial charge in [0, 0.05) is 42.0 Å². The highest BCUT2D eigenvalue weighted by Gasteiger charge is 2.22. The molecule has 0 amide bonds. The molecular formula is C14H17N3S. The number of hydrogen-bond donors (Lipinski definition) is 1. The Morgan fingerprint density at radius 1 is 1.44 bits per heavy atom. The van der Waals surface area contributed by atoms with Crippen molar-refractivity contribution in [3.8, 4) is 0 Å². The summed E-state index contributed by atoms with van der Waals surface area (Å²) in [7, 11) is 1.97. The maximum atomic E-state index is 4.37. The molecule has 2 heterocycles. The quantitative estimate of drug-likeness (QED) is 0.919. The summed E-state index contributed by atoms with van der Waals surface area (Å²) in [6.07, 6.45) is 2.09. The molecule has 0 aliphatic carbocycles. The molecule has 1 N–H and O–H groups in total. The number of nitrogens with one attached hydrogen (secondary N) is 1. The highest BCUT2D eigenvalue weighted by atomic mass is 32.2. The smallest absolute Gasteiger partial charge is 0.0638 e. The molecule has 94 valence electrons. The van der Waals surface area contributed by atoms with E-state index in [0.29, 0.717) is 6.04 Å². The van der Waals surface area contributed by atoms with E-state index in [1.54, 1.807) is 0 Å². The molecule has 3 nitrogen and oxygen atoms in total. The zero-order chi connectivity index (χ0) is 12.5. The summed E-state index contributed by atoms with van der Waals surface area (Å²) >= 11 is 1.94. The highest BCUT2D eigenvalue weighted by Crippen LogP contribution is 2.37. The Morgan fingerprint density at radius 3 is 3.06 bits per heavy atom. The number of aryl methyl sites for hydroxylation is 2. The van der Waals surface area contributed by atoms with E-state index in [0.717, 1.165) is 18.0 Å². The minimum Gasteiger partial charge on any atom is -0.305 e. The van der Waals surface area contributed by atoms with E-state index in [4.69, 9.17) is 0 Å². The van der Waals surface area contributed by atoms with Crippen LogP contribution >= 0.6 is 11.8 Å². The van der Waals surface area contributed by atoms with Gasteiger partial charge in [-0.2, -0.15) is 5.10 Å². The van der Waals surface area contributed by atoms with Crippen molar-refractivity contribution in [1.82, 2.24) is 15.1 Å². The lowest BCUT2D eigenvalue weighted by Crippen LogP contribution is -2.20. The average Bonchev–Trinajstić information content (AvgIpc) is 2.90. The second-order valence-corrected chi connectivity index (χ2v) is 5.76. The zero-order valence-corrected chi connectivity index (χ0v) is 11.5. The molecule has 1 aliphatic heterocycles. The topological polar surface area (TPSA) is 29.9 Å². The van der Waals surface area contributed by atoms with Gasteiger partial charge in [0.25, 0.3) is 0 Å². The SMILES string of the molecule is Cc1nn(C)cc1CNC1CSc2ccccc21. The largest absolute Gasteiger partial charge is 0.305 e. The van der Waals surface area contributed by atoms with Crippen LogP contribution in [0.5, 0.6) is 0 Å². The molecule has 0 spiro atoms. The van der Waals surface area contributed by atoms with Gasteiger partial charge >= 0.3 is 0 Å². The lowest BCUT2D eigenvalue weighted by Gasteiger charge is -2.12. The molecule has 0 radical (unpaired) electrons. The van der Waals surface area contributed by atoms with Crippen LogP contribution in [0.4, 0.5) is 0 Å². The molecule has 1 aliphatic rings. The van der Waals surface area contributed by atoms with Crippen LogP contribution in [-0.4, -0.2) is 15.5 Å². The van der Waals surface area contributed by atoms with E-state index in [9.17, 15) is 0 Å². The van der Waals surface area contributed by atoms with Gasteiger partial charge in [-0.15, -0.1) is 11.8 Å². The van der Waals surface area contributed by atoms with Crippen molar-refractivity contribution in [2.24, 2.45) is 7.05 Å². The van der Waals surface area contributed by atoms with Gasteiger partial charge in [-0.3, -0.25) is 4.68 Å². The maximum absolute atomic E-state index is 4.37. The lowest BCUT2D eigenvalue weighted by molar-refractivity contribution is 0.582. The minimum absolute atomic E-state index is 0.464. The summed E-state index contributed by atoms with van der Waals surface area (Å²) in [4.78, 5) is 1.41. The predicted octanol–water partition coefficient (Wildman–Crippen LogP) is 2.67. The van der Waals surface area contributed by atoms with Gasteiger partial charge in [-0.05, 0) is 18.6 Å². The second-order valence-electron chi connectivity index (χ2n) is 4.70. The standard InChI is InChI=1S/C14H17N3S/c1-10-11(8-17(2)16-10)7-15-13-9-18-14-6-4-3-5-12(13)14/h3-6,8,13,15H,7,9H2,1-2H3. The molecule has 1 atom stereocenters. The number of aromatic nitrogens is 2. The Kier molecular flexibility index (Phi) is 3.14. The van der Waals surface area contributed by atoms with Gasteiger partial charge < -0.3 is 5.32 Å². The summed E-state index contributed by atoms with van der Waals surface area (Å²) in [5.41, 5.74) is 3.83. The Hall–Kier alpha value is -1.26. The predicted molar refractivity (Wildman–Crippen MR) is 74.7 cm³/mol. The second kappa shape index (κ2) is 4.78. The average molecular weight is 259 g/mol.